The maximum Gasteiger partial charge on any atom is 0.270 e. The van der Waals surface area contributed by atoms with Crippen LogP contribution in [0.3, 0.4) is 0 Å². The van der Waals surface area contributed by atoms with Gasteiger partial charge in [0.1, 0.15) is 23.1 Å². The first-order valence-electron chi connectivity index (χ1n) is 8.30. The number of aromatic nitrogens is 2. The van der Waals surface area contributed by atoms with Gasteiger partial charge in [-0.25, -0.2) is 9.97 Å². The van der Waals surface area contributed by atoms with Gasteiger partial charge in [-0.15, -0.1) is 0 Å². The largest absolute Gasteiger partial charge is 0.467 e. The van der Waals surface area contributed by atoms with Crippen molar-refractivity contribution in [2.45, 2.75) is 20.4 Å². The lowest BCUT2D eigenvalue weighted by atomic mass is 10.2. The van der Waals surface area contributed by atoms with Crippen molar-refractivity contribution in [3.05, 3.63) is 66.0 Å². The Hall–Kier alpha value is -3.68. The van der Waals surface area contributed by atoms with Gasteiger partial charge in [-0.2, -0.15) is 0 Å². The molecule has 0 saturated heterocycles. The first-order valence-corrected chi connectivity index (χ1v) is 8.30. The van der Waals surface area contributed by atoms with Crippen LogP contribution in [-0.2, 0) is 11.3 Å². The predicted molar refractivity (Wildman–Crippen MR) is 101 cm³/mol. The average molecular weight is 365 g/mol. The van der Waals surface area contributed by atoms with Crippen molar-refractivity contribution in [1.82, 2.24) is 15.3 Å². The Labute approximate surface area is 156 Å². The molecule has 8 heteroatoms. The number of nitrogens with one attached hydrogen (secondary N) is 3. The van der Waals surface area contributed by atoms with E-state index >= 15 is 0 Å². The smallest absolute Gasteiger partial charge is 0.270 e. The summed E-state index contributed by atoms with van der Waals surface area (Å²) in [5.41, 5.74) is 1.72. The second-order valence-electron chi connectivity index (χ2n) is 5.83. The van der Waals surface area contributed by atoms with Crippen LogP contribution in [-0.4, -0.2) is 21.8 Å². The third-order valence-electron chi connectivity index (χ3n) is 3.55. The van der Waals surface area contributed by atoms with Crippen LogP contribution in [0.2, 0.25) is 0 Å². The number of nitrogens with zero attached hydrogens (tertiary/aromatic N) is 2. The summed E-state index contributed by atoms with van der Waals surface area (Å²) in [5, 5.41) is 8.58. The highest BCUT2D eigenvalue weighted by Gasteiger charge is 2.11. The van der Waals surface area contributed by atoms with Crippen LogP contribution in [0.5, 0.6) is 0 Å². The number of hydrogen-bond acceptors (Lipinski definition) is 6. The summed E-state index contributed by atoms with van der Waals surface area (Å²) in [7, 11) is 0. The van der Waals surface area contributed by atoms with Crippen molar-refractivity contribution in [1.29, 1.82) is 0 Å². The topological polar surface area (TPSA) is 109 Å². The second-order valence-corrected chi connectivity index (χ2v) is 5.83. The lowest BCUT2D eigenvalue weighted by molar-refractivity contribution is -0.114. The van der Waals surface area contributed by atoms with E-state index in [0.717, 1.165) is 5.69 Å². The maximum atomic E-state index is 12.3. The molecule has 0 unspecified atom stereocenters. The molecule has 0 aliphatic heterocycles. The van der Waals surface area contributed by atoms with E-state index < -0.39 is 0 Å². The van der Waals surface area contributed by atoms with E-state index in [1.54, 1.807) is 55.7 Å². The van der Waals surface area contributed by atoms with Gasteiger partial charge in [0.05, 0.1) is 12.8 Å². The molecule has 0 atom stereocenters. The molecule has 3 aromatic rings. The molecule has 3 N–H and O–H groups in total. The minimum Gasteiger partial charge on any atom is -0.467 e. The van der Waals surface area contributed by atoms with Crippen LogP contribution in [0, 0.1) is 6.92 Å². The third-order valence-corrected chi connectivity index (χ3v) is 3.55. The molecule has 0 spiro atoms. The summed E-state index contributed by atoms with van der Waals surface area (Å²) in [5.74, 6) is 1.18. The summed E-state index contributed by atoms with van der Waals surface area (Å²) >= 11 is 0. The third kappa shape index (κ3) is 5.15. The molecule has 8 nitrogen and oxygen atoms in total. The quantitative estimate of drug-likeness (QED) is 0.619. The summed E-state index contributed by atoms with van der Waals surface area (Å²) in [6.07, 6.45) is 1.55. The van der Waals surface area contributed by atoms with E-state index in [-0.39, 0.29) is 24.1 Å². The van der Waals surface area contributed by atoms with Crippen LogP contribution in [0.25, 0.3) is 0 Å². The Bertz CT molecular complexity index is 936. The van der Waals surface area contributed by atoms with Crippen LogP contribution in [0.1, 0.15) is 29.0 Å². The van der Waals surface area contributed by atoms with Crippen molar-refractivity contribution in [3.63, 3.8) is 0 Å². The molecular formula is C19H19N5O3. The molecule has 1 aromatic carbocycles. The van der Waals surface area contributed by atoms with Gasteiger partial charge in [0, 0.05) is 24.4 Å². The van der Waals surface area contributed by atoms with Crippen molar-refractivity contribution in [2.24, 2.45) is 0 Å². The highest BCUT2D eigenvalue weighted by Crippen LogP contribution is 2.18. The molecule has 3 rings (SSSR count). The molecule has 27 heavy (non-hydrogen) atoms. The van der Waals surface area contributed by atoms with Crippen molar-refractivity contribution in [2.75, 3.05) is 10.6 Å². The number of amides is 2. The fraction of sp³-hybridized carbons (Fsp3) is 0.158. The van der Waals surface area contributed by atoms with E-state index in [0.29, 0.717) is 23.1 Å². The maximum absolute atomic E-state index is 12.3. The molecule has 138 valence electrons. The molecule has 2 aromatic heterocycles. The normalized spacial score (nSPS) is 10.3. The highest BCUT2D eigenvalue weighted by atomic mass is 16.3. The number of rotatable bonds is 6. The fourth-order valence-corrected chi connectivity index (χ4v) is 2.41. The molecule has 0 fully saturated rings. The van der Waals surface area contributed by atoms with E-state index in [9.17, 15) is 9.59 Å². The lowest BCUT2D eigenvalue weighted by Crippen LogP contribution is -2.24. The molecular weight excluding hydrogens is 346 g/mol. The average Bonchev–Trinajstić information content (AvgIpc) is 3.14. The zero-order chi connectivity index (χ0) is 19.2. The van der Waals surface area contributed by atoms with Gasteiger partial charge < -0.3 is 20.4 Å². The van der Waals surface area contributed by atoms with Crippen LogP contribution >= 0.6 is 0 Å². The van der Waals surface area contributed by atoms with Crippen LogP contribution < -0.4 is 16.0 Å². The number of benzene rings is 1. The van der Waals surface area contributed by atoms with Crippen LogP contribution in [0.4, 0.5) is 17.2 Å². The van der Waals surface area contributed by atoms with Crippen LogP contribution in [0.15, 0.2) is 53.1 Å². The van der Waals surface area contributed by atoms with Gasteiger partial charge in [-0.3, -0.25) is 9.59 Å². The lowest BCUT2D eigenvalue weighted by Gasteiger charge is -2.10. The molecule has 2 amide bonds. The van der Waals surface area contributed by atoms with Gasteiger partial charge in [-0.1, -0.05) is 0 Å². The Balaban J connectivity index is 1.69. The second kappa shape index (κ2) is 8.13. The summed E-state index contributed by atoms with van der Waals surface area (Å²) in [4.78, 5) is 31.9. The molecule has 0 saturated carbocycles. The Kier molecular flexibility index (Phi) is 5.46. The Morgan fingerprint density at radius 1 is 1.07 bits per heavy atom. The molecule has 0 aliphatic carbocycles. The summed E-state index contributed by atoms with van der Waals surface area (Å²) in [6.45, 7) is 3.45. The van der Waals surface area contributed by atoms with Gasteiger partial charge in [-0.05, 0) is 43.3 Å². The van der Waals surface area contributed by atoms with Crippen molar-refractivity contribution < 1.29 is 14.0 Å². The van der Waals surface area contributed by atoms with Gasteiger partial charge in [0.25, 0.3) is 5.91 Å². The molecule has 0 bridgehead atoms. The SMILES string of the molecule is CC(=O)Nc1ccc(Nc2cc(C(=O)NCc3ccco3)nc(C)n2)cc1. The standard InChI is InChI=1S/C19H19N5O3/c1-12-21-17(19(26)20-11-16-4-3-9-27-16)10-18(22-12)24-15-7-5-14(6-8-15)23-13(2)25/h3-10H,11H2,1-2H3,(H,20,26)(H,23,25)(H,21,22,24). The monoisotopic (exact) mass is 365 g/mol. The Morgan fingerprint density at radius 3 is 2.48 bits per heavy atom. The number of furan rings is 1. The minimum absolute atomic E-state index is 0.132. The minimum atomic E-state index is -0.319. The fourth-order valence-electron chi connectivity index (χ4n) is 2.41. The number of carbonyl (C=O) groups excluding carboxylic acids is 2. The van der Waals surface area contributed by atoms with E-state index in [1.165, 1.54) is 6.92 Å². The molecule has 0 aliphatic rings. The first-order chi connectivity index (χ1) is 13.0. The predicted octanol–water partition coefficient (Wildman–Crippen LogP) is 3.01. The number of carbonyl (C=O) groups is 2. The molecule has 0 radical (unpaired) electrons. The summed E-state index contributed by atoms with van der Waals surface area (Å²) < 4.78 is 5.19. The van der Waals surface area contributed by atoms with E-state index in [4.69, 9.17) is 4.42 Å². The van der Waals surface area contributed by atoms with Gasteiger partial charge in [0.2, 0.25) is 5.91 Å². The van der Waals surface area contributed by atoms with E-state index in [1.807, 2.05) is 0 Å². The Morgan fingerprint density at radius 2 is 1.81 bits per heavy atom. The van der Waals surface area contributed by atoms with Crippen molar-refractivity contribution >= 4 is 29.0 Å². The summed E-state index contributed by atoms with van der Waals surface area (Å²) in [6, 6.07) is 12.3. The number of anilines is 3. The van der Waals surface area contributed by atoms with Gasteiger partial charge >= 0.3 is 0 Å². The first kappa shape index (κ1) is 18.1. The number of hydrogen-bond donors (Lipinski definition) is 3. The van der Waals surface area contributed by atoms with Gasteiger partial charge in [0.15, 0.2) is 0 Å². The highest BCUT2D eigenvalue weighted by molar-refractivity contribution is 5.93. The molecule has 2 heterocycles. The number of aryl methyl sites for hydroxylation is 1. The van der Waals surface area contributed by atoms with E-state index in [2.05, 4.69) is 25.9 Å². The van der Waals surface area contributed by atoms with Crippen molar-refractivity contribution in [3.8, 4) is 0 Å². The zero-order valence-electron chi connectivity index (χ0n) is 14.9. The zero-order valence-corrected chi connectivity index (χ0v) is 14.9.